The van der Waals surface area contributed by atoms with Crippen LogP contribution in [0.5, 0.6) is 0 Å². The number of nitrogens with one attached hydrogen (secondary N) is 2. The summed E-state index contributed by atoms with van der Waals surface area (Å²) < 4.78 is 0. The van der Waals surface area contributed by atoms with Gasteiger partial charge in [0.2, 0.25) is 0 Å². The van der Waals surface area contributed by atoms with Crippen LogP contribution in [0, 0.1) is 0 Å². The summed E-state index contributed by atoms with van der Waals surface area (Å²) >= 11 is 0. The molecule has 2 heteroatoms. The fraction of sp³-hybridized carbons (Fsp3) is 0.333. The van der Waals surface area contributed by atoms with Crippen LogP contribution in [-0.4, -0.2) is 18.1 Å². The lowest BCUT2D eigenvalue weighted by Crippen LogP contribution is -2.16. The lowest BCUT2D eigenvalue weighted by molar-refractivity contribution is 0.708. The highest BCUT2D eigenvalue weighted by atomic mass is 14.9. The van der Waals surface area contributed by atoms with Crippen LogP contribution in [0.1, 0.15) is 36.2 Å². The molecule has 0 amide bonds. The van der Waals surface area contributed by atoms with Crippen LogP contribution in [-0.2, 0) is 19.3 Å². The van der Waals surface area contributed by atoms with Gasteiger partial charge in [0.05, 0.1) is 0 Å². The first kappa shape index (κ1) is 15.8. The Balaban J connectivity index is 0.000000753. The van der Waals surface area contributed by atoms with Gasteiger partial charge in [0.15, 0.2) is 0 Å². The van der Waals surface area contributed by atoms with Crippen molar-refractivity contribution in [1.82, 2.24) is 10.3 Å². The van der Waals surface area contributed by atoms with Crippen LogP contribution >= 0.6 is 0 Å². The molecule has 2 aromatic carbocycles. The van der Waals surface area contributed by atoms with Crippen molar-refractivity contribution in [2.75, 3.05) is 13.1 Å². The van der Waals surface area contributed by atoms with E-state index in [0.717, 1.165) is 32.4 Å². The van der Waals surface area contributed by atoms with Gasteiger partial charge in [-0.05, 0) is 48.2 Å². The maximum atomic E-state index is 3.61. The Hall–Kier alpha value is -2.06. The fourth-order valence-corrected chi connectivity index (χ4v) is 3.34. The smallest absolute Gasteiger partial charge is 0.0459 e. The second kappa shape index (κ2) is 7.47. The number of hydrogen-bond donors (Lipinski definition) is 2. The Morgan fingerprint density at radius 1 is 0.870 bits per heavy atom. The molecule has 120 valence electrons. The molecule has 2 nitrogen and oxygen atoms in total. The quantitative estimate of drug-likeness (QED) is 0.718. The second-order valence-corrected chi connectivity index (χ2v) is 5.87. The summed E-state index contributed by atoms with van der Waals surface area (Å²) in [5, 5.41) is 4.90. The number of fused-ring (bicyclic) bond motifs is 3. The molecule has 1 aliphatic heterocycles. The van der Waals surface area contributed by atoms with Gasteiger partial charge in [0.1, 0.15) is 0 Å². The van der Waals surface area contributed by atoms with E-state index < -0.39 is 0 Å². The van der Waals surface area contributed by atoms with Crippen molar-refractivity contribution in [2.45, 2.75) is 33.1 Å². The zero-order valence-electron chi connectivity index (χ0n) is 14.2. The predicted octanol–water partition coefficient (Wildman–Crippen LogP) is 4.47. The van der Waals surface area contributed by atoms with Crippen molar-refractivity contribution in [3.63, 3.8) is 0 Å². The molecule has 0 unspecified atom stereocenters. The average molecular weight is 306 g/mol. The van der Waals surface area contributed by atoms with Crippen molar-refractivity contribution in [2.24, 2.45) is 0 Å². The molecule has 0 aliphatic carbocycles. The van der Waals surface area contributed by atoms with Crippen LogP contribution in [0.2, 0.25) is 0 Å². The molecule has 0 fully saturated rings. The number of H-pyrrole nitrogens is 1. The molecule has 4 rings (SSSR count). The minimum absolute atomic E-state index is 1.01. The van der Waals surface area contributed by atoms with Gasteiger partial charge in [0, 0.05) is 29.6 Å². The predicted molar refractivity (Wildman–Crippen MR) is 99.2 cm³/mol. The first-order chi connectivity index (χ1) is 11.4. The number of benzene rings is 2. The molecule has 2 N–H and O–H groups in total. The van der Waals surface area contributed by atoms with Crippen LogP contribution in [0.4, 0.5) is 0 Å². The highest BCUT2D eigenvalue weighted by Crippen LogP contribution is 2.26. The van der Waals surface area contributed by atoms with Gasteiger partial charge in [0.25, 0.3) is 0 Å². The van der Waals surface area contributed by atoms with Crippen LogP contribution in [0.25, 0.3) is 10.9 Å². The standard InChI is InChI=1S/C19H20N2.C2H6/c1-2-4-14(5-3-1)12-15-6-7-18-17(13-15)16-8-10-20-11-9-19(16)21-18;1-2/h1-7,13,20-21H,8-12H2;1-2H3. The minimum Gasteiger partial charge on any atom is -0.358 e. The zero-order chi connectivity index (χ0) is 16.1. The SMILES string of the molecule is CC.c1ccc(Cc2ccc3[nH]c4c(c3c2)CCNCC4)cc1. The molecule has 0 bridgehead atoms. The molecule has 0 radical (unpaired) electrons. The van der Waals surface area contributed by atoms with Crippen LogP contribution in [0.15, 0.2) is 48.5 Å². The van der Waals surface area contributed by atoms with Gasteiger partial charge in [-0.3, -0.25) is 0 Å². The van der Waals surface area contributed by atoms with E-state index in [1.165, 1.54) is 33.3 Å². The monoisotopic (exact) mass is 306 g/mol. The third-order valence-corrected chi connectivity index (χ3v) is 4.41. The molecule has 0 saturated carbocycles. The number of rotatable bonds is 2. The topological polar surface area (TPSA) is 27.8 Å². The summed E-state index contributed by atoms with van der Waals surface area (Å²) in [7, 11) is 0. The molecule has 0 atom stereocenters. The molecular weight excluding hydrogens is 280 g/mol. The van der Waals surface area contributed by atoms with Crippen molar-refractivity contribution < 1.29 is 0 Å². The van der Waals surface area contributed by atoms with E-state index in [9.17, 15) is 0 Å². The minimum atomic E-state index is 1.01. The van der Waals surface area contributed by atoms with Gasteiger partial charge >= 0.3 is 0 Å². The van der Waals surface area contributed by atoms with E-state index in [4.69, 9.17) is 0 Å². The second-order valence-electron chi connectivity index (χ2n) is 5.87. The Labute approximate surface area is 138 Å². The lowest BCUT2D eigenvalue weighted by atomic mass is 10.0. The normalized spacial score (nSPS) is 13.8. The number of aromatic amines is 1. The average Bonchev–Trinajstić information content (AvgIpc) is 2.79. The summed E-state index contributed by atoms with van der Waals surface area (Å²) in [4.78, 5) is 3.61. The van der Waals surface area contributed by atoms with Crippen molar-refractivity contribution in [3.8, 4) is 0 Å². The van der Waals surface area contributed by atoms with Gasteiger partial charge in [-0.25, -0.2) is 0 Å². The van der Waals surface area contributed by atoms with Gasteiger partial charge in [-0.1, -0.05) is 50.2 Å². The summed E-state index contributed by atoms with van der Waals surface area (Å²) in [6.45, 7) is 6.17. The maximum absolute atomic E-state index is 3.61. The molecule has 3 aromatic rings. The van der Waals surface area contributed by atoms with E-state index in [-0.39, 0.29) is 0 Å². The summed E-state index contributed by atoms with van der Waals surface area (Å²) in [5.74, 6) is 0. The number of aromatic nitrogens is 1. The fourth-order valence-electron chi connectivity index (χ4n) is 3.34. The highest BCUT2D eigenvalue weighted by molar-refractivity contribution is 5.85. The van der Waals surface area contributed by atoms with Crippen molar-refractivity contribution in [3.05, 3.63) is 70.9 Å². The third kappa shape index (κ3) is 3.48. The van der Waals surface area contributed by atoms with Gasteiger partial charge in [-0.15, -0.1) is 0 Å². The molecule has 1 aliphatic rings. The first-order valence-electron chi connectivity index (χ1n) is 8.77. The lowest BCUT2D eigenvalue weighted by Gasteiger charge is -2.04. The Morgan fingerprint density at radius 3 is 2.48 bits per heavy atom. The third-order valence-electron chi connectivity index (χ3n) is 4.41. The molecule has 0 spiro atoms. The van der Waals surface area contributed by atoms with E-state index in [1.807, 2.05) is 13.8 Å². The van der Waals surface area contributed by atoms with Gasteiger partial charge in [-0.2, -0.15) is 0 Å². The first-order valence-corrected chi connectivity index (χ1v) is 8.77. The van der Waals surface area contributed by atoms with Crippen molar-refractivity contribution >= 4 is 10.9 Å². The summed E-state index contributed by atoms with van der Waals surface area (Å²) in [6, 6.07) is 17.6. The Kier molecular flexibility index (Phi) is 5.14. The van der Waals surface area contributed by atoms with Gasteiger partial charge < -0.3 is 10.3 Å². The molecule has 1 aromatic heterocycles. The summed E-state index contributed by atoms with van der Waals surface area (Å²) in [6.07, 6.45) is 3.25. The number of hydrogen-bond acceptors (Lipinski definition) is 1. The van der Waals surface area contributed by atoms with Crippen molar-refractivity contribution in [1.29, 1.82) is 0 Å². The largest absolute Gasteiger partial charge is 0.358 e. The van der Waals surface area contributed by atoms with E-state index in [2.05, 4.69) is 58.8 Å². The maximum Gasteiger partial charge on any atom is 0.0459 e. The zero-order valence-corrected chi connectivity index (χ0v) is 14.2. The molecule has 23 heavy (non-hydrogen) atoms. The molecular formula is C21H26N2. The summed E-state index contributed by atoms with van der Waals surface area (Å²) in [5.41, 5.74) is 7.00. The van der Waals surface area contributed by atoms with Crippen LogP contribution < -0.4 is 5.32 Å². The molecule has 0 saturated heterocycles. The van der Waals surface area contributed by atoms with Crippen LogP contribution in [0.3, 0.4) is 0 Å². The van der Waals surface area contributed by atoms with E-state index >= 15 is 0 Å². The van der Waals surface area contributed by atoms with E-state index in [0.29, 0.717) is 0 Å². The highest BCUT2D eigenvalue weighted by Gasteiger charge is 2.14. The Bertz CT molecular complexity index is 756. The van der Waals surface area contributed by atoms with E-state index in [1.54, 1.807) is 0 Å². The Morgan fingerprint density at radius 2 is 1.65 bits per heavy atom. The molecule has 2 heterocycles.